The van der Waals surface area contributed by atoms with Gasteiger partial charge in [-0.25, -0.2) is 0 Å². The maximum atomic E-state index is 12.9. The van der Waals surface area contributed by atoms with Gasteiger partial charge in [0.15, 0.2) is 0 Å². The summed E-state index contributed by atoms with van der Waals surface area (Å²) < 4.78 is 5.52. The van der Waals surface area contributed by atoms with Gasteiger partial charge in [-0.3, -0.25) is 9.59 Å². The van der Waals surface area contributed by atoms with Gasteiger partial charge in [0.2, 0.25) is 11.8 Å². The SMILES string of the molecule is O=C(CCOc1ccccc1)NCCNC(=O)C(c1ccccc1)c1ccccc1. The van der Waals surface area contributed by atoms with Crippen LogP contribution in [0.15, 0.2) is 91.0 Å². The number of rotatable bonds is 10. The second-order valence-corrected chi connectivity index (χ2v) is 6.81. The fraction of sp³-hybridized carbons (Fsp3) is 0.200. The van der Waals surface area contributed by atoms with Crippen LogP contribution < -0.4 is 15.4 Å². The van der Waals surface area contributed by atoms with Crippen LogP contribution in [0.3, 0.4) is 0 Å². The molecule has 0 aliphatic rings. The van der Waals surface area contributed by atoms with Crippen LogP contribution in [0.2, 0.25) is 0 Å². The lowest BCUT2D eigenvalue weighted by Crippen LogP contribution is -2.37. The van der Waals surface area contributed by atoms with Crippen LogP contribution in [0, 0.1) is 0 Å². The Hall–Kier alpha value is -3.60. The third-order valence-electron chi connectivity index (χ3n) is 4.62. The first-order chi connectivity index (χ1) is 14.7. The Morgan fingerprint density at radius 3 is 1.77 bits per heavy atom. The van der Waals surface area contributed by atoms with Crippen molar-refractivity contribution in [3.8, 4) is 5.75 Å². The number of hydrogen-bond donors (Lipinski definition) is 2. The summed E-state index contributed by atoms with van der Waals surface area (Å²) in [7, 11) is 0. The number of amides is 2. The van der Waals surface area contributed by atoms with Crippen molar-refractivity contribution in [3.05, 3.63) is 102 Å². The Morgan fingerprint density at radius 2 is 1.20 bits per heavy atom. The molecule has 30 heavy (non-hydrogen) atoms. The highest BCUT2D eigenvalue weighted by Crippen LogP contribution is 2.24. The van der Waals surface area contributed by atoms with Gasteiger partial charge < -0.3 is 15.4 Å². The summed E-state index contributed by atoms with van der Waals surface area (Å²) in [5, 5.41) is 5.74. The number of ether oxygens (including phenoxy) is 1. The van der Waals surface area contributed by atoms with Crippen LogP contribution in [0.4, 0.5) is 0 Å². The molecule has 0 aliphatic heterocycles. The zero-order valence-electron chi connectivity index (χ0n) is 16.8. The Labute approximate surface area is 177 Å². The Bertz CT molecular complexity index is 875. The average Bonchev–Trinajstić information content (AvgIpc) is 2.79. The summed E-state index contributed by atoms with van der Waals surface area (Å²) in [5.74, 6) is 0.157. The van der Waals surface area contributed by atoms with Gasteiger partial charge in [-0.15, -0.1) is 0 Å². The number of para-hydroxylation sites is 1. The molecule has 0 aromatic heterocycles. The van der Waals surface area contributed by atoms with Gasteiger partial charge in [-0.05, 0) is 23.3 Å². The van der Waals surface area contributed by atoms with Crippen LogP contribution in [0.1, 0.15) is 23.5 Å². The number of hydrogen-bond acceptors (Lipinski definition) is 3. The van der Waals surface area contributed by atoms with Crippen molar-refractivity contribution in [1.29, 1.82) is 0 Å². The zero-order chi connectivity index (χ0) is 21.0. The monoisotopic (exact) mass is 402 g/mol. The molecule has 0 atom stereocenters. The minimum Gasteiger partial charge on any atom is -0.493 e. The fourth-order valence-electron chi connectivity index (χ4n) is 3.14. The molecule has 3 aromatic rings. The van der Waals surface area contributed by atoms with Crippen molar-refractivity contribution < 1.29 is 14.3 Å². The lowest BCUT2D eigenvalue weighted by Gasteiger charge is -2.18. The van der Waals surface area contributed by atoms with E-state index in [-0.39, 0.29) is 24.2 Å². The van der Waals surface area contributed by atoms with Gasteiger partial charge in [0.1, 0.15) is 5.75 Å². The van der Waals surface area contributed by atoms with Crippen LogP contribution in [0.5, 0.6) is 5.75 Å². The van der Waals surface area contributed by atoms with Crippen LogP contribution >= 0.6 is 0 Å². The van der Waals surface area contributed by atoms with E-state index in [9.17, 15) is 9.59 Å². The maximum absolute atomic E-state index is 12.9. The first-order valence-electron chi connectivity index (χ1n) is 10.1. The predicted molar refractivity (Wildman–Crippen MR) is 117 cm³/mol. The Kier molecular flexibility index (Phi) is 8.03. The smallest absolute Gasteiger partial charge is 0.232 e. The number of carbonyl (C=O) groups excluding carboxylic acids is 2. The molecule has 0 radical (unpaired) electrons. The highest BCUT2D eigenvalue weighted by molar-refractivity contribution is 5.87. The standard InChI is InChI=1S/C25H26N2O3/c28-23(16-19-30-22-14-8-3-9-15-22)26-17-18-27-25(29)24(20-10-4-1-5-11-20)21-12-6-2-7-13-21/h1-15,24H,16-19H2,(H,26,28)(H,27,29). The Morgan fingerprint density at radius 1 is 0.700 bits per heavy atom. The molecule has 0 spiro atoms. The quantitative estimate of drug-likeness (QED) is 0.510. The molecule has 0 bridgehead atoms. The highest BCUT2D eigenvalue weighted by atomic mass is 16.5. The van der Waals surface area contributed by atoms with Gasteiger partial charge in [-0.1, -0.05) is 78.9 Å². The molecule has 2 N–H and O–H groups in total. The number of benzene rings is 3. The summed E-state index contributed by atoms with van der Waals surface area (Å²) in [6.07, 6.45) is 0.263. The summed E-state index contributed by atoms with van der Waals surface area (Å²) in [6.45, 7) is 1.04. The molecule has 0 saturated heterocycles. The van der Waals surface area contributed by atoms with E-state index in [4.69, 9.17) is 4.74 Å². The van der Waals surface area contributed by atoms with E-state index in [1.54, 1.807) is 0 Å². The minimum absolute atomic E-state index is 0.0888. The Balaban J connectivity index is 1.43. The van der Waals surface area contributed by atoms with Gasteiger partial charge in [0, 0.05) is 13.1 Å². The van der Waals surface area contributed by atoms with Crippen molar-refractivity contribution >= 4 is 11.8 Å². The van der Waals surface area contributed by atoms with E-state index < -0.39 is 0 Å². The molecule has 0 unspecified atom stereocenters. The van der Waals surface area contributed by atoms with E-state index in [0.717, 1.165) is 16.9 Å². The van der Waals surface area contributed by atoms with E-state index >= 15 is 0 Å². The molecule has 0 saturated carbocycles. The van der Waals surface area contributed by atoms with Crippen LogP contribution in [-0.4, -0.2) is 31.5 Å². The second-order valence-electron chi connectivity index (χ2n) is 6.81. The van der Waals surface area contributed by atoms with E-state index in [0.29, 0.717) is 19.7 Å². The van der Waals surface area contributed by atoms with Crippen LogP contribution in [-0.2, 0) is 9.59 Å². The first-order valence-corrected chi connectivity index (χ1v) is 10.1. The molecule has 0 aliphatic carbocycles. The molecule has 5 nitrogen and oxygen atoms in total. The largest absolute Gasteiger partial charge is 0.493 e. The minimum atomic E-state index is -0.387. The molecule has 0 fully saturated rings. The van der Waals surface area contributed by atoms with Gasteiger partial charge in [0.25, 0.3) is 0 Å². The summed E-state index contributed by atoms with van der Waals surface area (Å²) in [4.78, 5) is 24.8. The first kappa shape index (κ1) is 21.1. The van der Waals surface area contributed by atoms with E-state index in [1.165, 1.54) is 0 Å². The van der Waals surface area contributed by atoms with E-state index in [2.05, 4.69) is 10.6 Å². The molecule has 3 aromatic carbocycles. The zero-order valence-corrected chi connectivity index (χ0v) is 16.8. The van der Waals surface area contributed by atoms with Crippen molar-refractivity contribution in [2.75, 3.05) is 19.7 Å². The third-order valence-corrected chi connectivity index (χ3v) is 4.62. The maximum Gasteiger partial charge on any atom is 0.232 e. The van der Waals surface area contributed by atoms with E-state index in [1.807, 2.05) is 91.0 Å². The van der Waals surface area contributed by atoms with Crippen molar-refractivity contribution in [3.63, 3.8) is 0 Å². The normalized spacial score (nSPS) is 10.4. The van der Waals surface area contributed by atoms with Crippen molar-refractivity contribution in [1.82, 2.24) is 10.6 Å². The fourth-order valence-corrected chi connectivity index (χ4v) is 3.14. The van der Waals surface area contributed by atoms with Gasteiger partial charge >= 0.3 is 0 Å². The molecule has 5 heteroatoms. The summed E-state index contributed by atoms with van der Waals surface area (Å²) in [6, 6.07) is 28.8. The molecule has 154 valence electrons. The van der Waals surface area contributed by atoms with Crippen molar-refractivity contribution in [2.45, 2.75) is 12.3 Å². The highest BCUT2D eigenvalue weighted by Gasteiger charge is 2.21. The van der Waals surface area contributed by atoms with Gasteiger partial charge in [0.05, 0.1) is 18.9 Å². The number of carbonyl (C=O) groups is 2. The lowest BCUT2D eigenvalue weighted by atomic mass is 9.90. The average molecular weight is 402 g/mol. The topological polar surface area (TPSA) is 67.4 Å². The third kappa shape index (κ3) is 6.48. The number of nitrogens with one attached hydrogen (secondary N) is 2. The summed E-state index contributed by atoms with van der Waals surface area (Å²) >= 11 is 0. The van der Waals surface area contributed by atoms with Crippen LogP contribution in [0.25, 0.3) is 0 Å². The molecule has 0 heterocycles. The molecular weight excluding hydrogens is 376 g/mol. The molecular formula is C25H26N2O3. The summed E-state index contributed by atoms with van der Waals surface area (Å²) in [5.41, 5.74) is 1.87. The second kappa shape index (κ2) is 11.4. The van der Waals surface area contributed by atoms with Gasteiger partial charge in [-0.2, -0.15) is 0 Å². The van der Waals surface area contributed by atoms with Crippen molar-refractivity contribution in [2.24, 2.45) is 0 Å². The predicted octanol–water partition coefficient (Wildman–Crippen LogP) is 3.52. The molecule has 3 rings (SSSR count). The lowest BCUT2D eigenvalue weighted by molar-refractivity contribution is -0.123. The molecule has 2 amide bonds.